The third kappa shape index (κ3) is 3.57. The number of aromatic amines is 1. The Labute approximate surface area is 108 Å². The summed E-state index contributed by atoms with van der Waals surface area (Å²) in [5, 5.41) is 3.25. The van der Waals surface area contributed by atoms with E-state index >= 15 is 0 Å². The first-order valence-corrected chi connectivity index (χ1v) is 6.71. The number of hydrogen-bond acceptors (Lipinski definition) is 4. The lowest BCUT2D eigenvalue weighted by atomic mass is 10.1. The van der Waals surface area contributed by atoms with E-state index in [1.54, 1.807) is 6.92 Å². The van der Waals surface area contributed by atoms with Crippen LogP contribution in [0.4, 0.5) is 5.82 Å². The summed E-state index contributed by atoms with van der Waals surface area (Å²) in [5.41, 5.74) is -0.101. The minimum atomic E-state index is -0.101. The zero-order valence-corrected chi connectivity index (χ0v) is 11.2. The molecule has 2 heterocycles. The Morgan fingerprint density at radius 1 is 1.44 bits per heavy atom. The van der Waals surface area contributed by atoms with E-state index in [1.165, 1.54) is 38.4 Å². The Bertz CT molecular complexity index is 437. The fraction of sp³-hybridized carbons (Fsp3) is 0.692. The number of nitrogens with zero attached hydrogens (tertiary/aromatic N) is 2. The molecule has 0 radical (unpaired) electrons. The van der Waals surface area contributed by atoms with Gasteiger partial charge in [-0.15, -0.1) is 0 Å². The molecule has 1 saturated heterocycles. The molecule has 5 nitrogen and oxygen atoms in total. The first-order chi connectivity index (χ1) is 8.65. The number of piperidine rings is 1. The Hall–Kier alpha value is -1.36. The van der Waals surface area contributed by atoms with E-state index in [-0.39, 0.29) is 5.56 Å². The Morgan fingerprint density at radius 2 is 2.17 bits per heavy atom. The number of nitrogens with one attached hydrogen (secondary N) is 2. The van der Waals surface area contributed by atoms with Gasteiger partial charge in [0.25, 0.3) is 5.56 Å². The van der Waals surface area contributed by atoms with E-state index in [1.807, 2.05) is 0 Å². The average Bonchev–Trinajstić information content (AvgIpc) is 2.36. The highest BCUT2D eigenvalue weighted by Crippen LogP contribution is 2.12. The van der Waals surface area contributed by atoms with Crippen LogP contribution in [0.15, 0.2) is 10.9 Å². The summed E-state index contributed by atoms with van der Waals surface area (Å²) in [6.07, 6.45) is 3.95. The summed E-state index contributed by atoms with van der Waals surface area (Å²) in [4.78, 5) is 20.7. The first kappa shape index (κ1) is 13.1. The molecule has 1 aliphatic rings. The Morgan fingerprint density at radius 3 is 2.83 bits per heavy atom. The standard InChI is InChI=1S/C13H22N4O/c1-10(17-6-4-3-5-7-17)9-14-12-8-13(18)16-11(2)15-12/h8,10H,3-7,9H2,1-2H3,(H2,14,15,16,18). The molecule has 0 saturated carbocycles. The highest BCUT2D eigenvalue weighted by atomic mass is 16.1. The molecule has 0 amide bonds. The van der Waals surface area contributed by atoms with Crippen molar-refractivity contribution in [1.82, 2.24) is 14.9 Å². The monoisotopic (exact) mass is 250 g/mol. The van der Waals surface area contributed by atoms with Crippen LogP contribution in [0.1, 0.15) is 32.0 Å². The third-order valence-electron chi connectivity index (χ3n) is 3.45. The van der Waals surface area contributed by atoms with E-state index in [9.17, 15) is 4.79 Å². The SMILES string of the molecule is Cc1nc(NCC(C)N2CCCCC2)cc(=O)[nH]1. The maximum Gasteiger partial charge on any atom is 0.252 e. The van der Waals surface area contributed by atoms with E-state index in [0.717, 1.165) is 6.54 Å². The molecule has 0 spiro atoms. The number of aryl methyl sites for hydroxylation is 1. The van der Waals surface area contributed by atoms with Crippen molar-refractivity contribution < 1.29 is 0 Å². The Kier molecular flexibility index (Phi) is 4.36. The van der Waals surface area contributed by atoms with Crippen molar-refractivity contribution in [3.8, 4) is 0 Å². The maximum atomic E-state index is 11.3. The molecular formula is C13H22N4O. The smallest absolute Gasteiger partial charge is 0.252 e. The number of likely N-dealkylation sites (tertiary alicyclic amines) is 1. The van der Waals surface area contributed by atoms with Crippen LogP contribution in [0.3, 0.4) is 0 Å². The van der Waals surface area contributed by atoms with E-state index in [2.05, 4.69) is 27.1 Å². The Balaban J connectivity index is 1.88. The van der Waals surface area contributed by atoms with Gasteiger partial charge in [-0.2, -0.15) is 0 Å². The molecule has 5 heteroatoms. The number of H-pyrrole nitrogens is 1. The fourth-order valence-corrected chi connectivity index (χ4v) is 2.41. The predicted molar refractivity (Wildman–Crippen MR) is 73.0 cm³/mol. The van der Waals surface area contributed by atoms with Crippen LogP contribution < -0.4 is 10.9 Å². The highest BCUT2D eigenvalue weighted by molar-refractivity contribution is 5.32. The van der Waals surface area contributed by atoms with Crippen LogP contribution >= 0.6 is 0 Å². The average molecular weight is 250 g/mol. The molecule has 18 heavy (non-hydrogen) atoms. The summed E-state index contributed by atoms with van der Waals surface area (Å²) in [6, 6.07) is 1.99. The molecular weight excluding hydrogens is 228 g/mol. The quantitative estimate of drug-likeness (QED) is 0.847. The minimum Gasteiger partial charge on any atom is -0.368 e. The van der Waals surface area contributed by atoms with E-state index < -0.39 is 0 Å². The van der Waals surface area contributed by atoms with Crippen molar-refractivity contribution in [3.05, 3.63) is 22.2 Å². The fourth-order valence-electron chi connectivity index (χ4n) is 2.41. The molecule has 0 bridgehead atoms. The van der Waals surface area contributed by atoms with Crippen LogP contribution in [-0.2, 0) is 0 Å². The van der Waals surface area contributed by atoms with Crippen molar-refractivity contribution in [1.29, 1.82) is 0 Å². The minimum absolute atomic E-state index is 0.101. The van der Waals surface area contributed by atoms with Crippen LogP contribution in [0.2, 0.25) is 0 Å². The van der Waals surface area contributed by atoms with Gasteiger partial charge in [0, 0.05) is 18.7 Å². The van der Waals surface area contributed by atoms with E-state index in [0.29, 0.717) is 17.7 Å². The van der Waals surface area contributed by atoms with Gasteiger partial charge in [-0.1, -0.05) is 6.42 Å². The molecule has 0 aliphatic carbocycles. The van der Waals surface area contributed by atoms with Gasteiger partial charge in [0.1, 0.15) is 11.6 Å². The lowest BCUT2D eigenvalue weighted by Gasteiger charge is -2.32. The van der Waals surface area contributed by atoms with Gasteiger partial charge in [0.15, 0.2) is 0 Å². The zero-order chi connectivity index (χ0) is 13.0. The topological polar surface area (TPSA) is 61.0 Å². The second kappa shape index (κ2) is 6.00. The molecule has 1 aromatic heterocycles. The molecule has 2 rings (SSSR count). The van der Waals surface area contributed by atoms with Crippen molar-refractivity contribution in [2.24, 2.45) is 0 Å². The number of rotatable bonds is 4. The van der Waals surface area contributed by atoms with E-state index in [4.69, 9.17) is 0 Å². The van der Waals surface area contributed by atoms with Gasteiger partial charge >= 0.3 is 0 Å². The van der Waals surface area contributed by atoms with Crippen LogP contribution in [-0.4, -0.2) is 40.5 Å². The first-order valence-electron chi connectivity index (χ1n) is 6.71. The van der Waals surface area contributed by atoms with Crippen molar-refractivity contribution in [2.75, 3.05) is 25.0 Å². The predicted octanol–water partition coefficient (Wildman–Crippen LogP) is 1.36. The van der Waals surface area contributed by atoms with Gasteiger partial charge in [-0.25, -0.2) is 4.98 Å². The number of anilines is 1. The third-order valence-corrected chi connectivity index (χ3v) is 3.45. The van der Waals surface area contributed by atoms with Crippen LogP contribution in [0.5, 0.6) is 0 Å². The molecule has 2 N–H and O–H groups in total. The number of aromatic nitrogens is 2. The van der Waals surface area contributed by atoms with Gasteiger partial charge in [0.2, 0.25) is 0 Å². The zero-order valence-electron chi connectivity index (χ0n) is 11.2. The molecule has 1 unspecified atom stereocenters. The van der Waals surface area contributed by atoms with Gasteiger partial charge in [0.05, 0.1) is 0 Å². The van der Waals surface area contributed by atoms with Crippen molar-refractivity contribution in [2.45, 2.75) is 39.2 Å². The second-order valence-electron chi connectivity index (χ2n) is 5.04. The second-order valence-corrected chi connectivity index (χ2v) is 5.04. The summed E-state index contributed by atoms with van der Waals surface area (Å²) in [6.45, 7) is 7.21. The van der Waals surface area contributed by atoms with Crippen molar-refractivity contribution in [3.63, 3.8) is 0 Å². The van der Waals surface area contributed by atoms with Gasteiger partial charge < -0.3 is 10.3 Å². The van der Waals surface area contributed by atoms with Gasteiger partial charge in [-0.3, -0.25) is 9.69 Å². The molecule has 1 fully saturated rings. The molecule has 1 atom stereocenters. The normalized spacial score (nSPS) is 18.6. The lowest BCUT2D eigenvalue weighted by Crippen LogP contribution is -2.41. The lowest BCUT2D eigenvalue weighted by molar-refractivity contribution is 0.180. The summed E-state index contributed by atoms with van der Waals surface area (Å²) in [7, 11) is 0. The molecule has 1 aliphatic heterocycles. The van der Waals surface area contributed by atoms with Crippen LogP contribution in [0, 0.1) is 6.92 Å². The van der Waals surface area contributed by atoms with Crippen molar-refractivity contribution >= 4 is 5.82 Å². The number of hydrogen-bond donors (Lipinski definition) is 2. The molecule has 1 aromatic rings. The summed E-state index contributed by atoms with van der Waals surface area (Å²) in [5.74, 6) is 1.32. The van der Waals surface area contributed by atoms with Crippen LogP contribution in [0.25, 0.3) is 0 Å². The highest BCUT2D eigenvalue weighted by Gasteiger charge is 2.16. The van der Waals surface area contributed by atoms with Gasteiger partial charge in [-0.05, 0) is 39.8 Å². The molecule has 100 valence electrons. The maximum absolute atomic E-state index is 11.3. The largest absolute Gasteiger partial charge is 0.368 e. The summed E-state index contributed by atoms with van der Waals surface area (Å²) < 4.78 is 0. The molecule has 0 aromatic carbocycles. The summed E-state index contributed by atoms with van der Waals surface area (Å²) >= 11 is 0.